The van der Waals surface area contributed by atoms with Gasteiger partial charge in [-0.25, -0.2) is 4.79 Å². The molecule has 3 rings (SSSR count). The Balaban J connectivity index is 1.93. The first kappa shape index (κ1) is 15.6. The quantitative estimate of drug-likeness (QED) is 0.896. The molecule has 0 unspecified atom stereocenters. The van der Waals surface area contributed by atoms with Crippen LogP contribution in [0.2, 0.25) is 10.0 Å². The van der Waals surface area contributed by atoms with Crippen molar-refractivity contribution in [2.75, 3.05) is 12.0 Å². The number of carbonyl (C=O) groups is 1. The van der Waals surface area contributed by atoms with Gasteiger partial charge in [0.25, 0.3) is 0 Å². The Bertz CT molecular complexity index is 812. The van der Waals surface area contributed by atoms with Crippen LogP contribution in [0.3, 0.4) is 0 Å². The second-order valence-electron chi connectivity index (χ2n) is 4.87. The maximum atomic E-state index is 12.3. The molecule has 1 aliphatic heterocycles. The highest BCUT2D eigenvalue weighted by molar-refractivity contribution is 6.35. The Morgan fingerprint density at radius 2 is 2.17 bits per heavy atom. The zero-order valence-corrected chi connectivity index (χ0v) is 13.7. The van der Waals surface area contributed by atoms with Gasteiger partial charge in [0.1, 0.15) is 6.67 Å². The van der Waals surface area contributed by atoms with E-state index < -0.39 is 0 Å². The largest absolute Gasteiger partial charge is 0.327 e. The van der Waals surface area contributed by atoms with Crippen LogP contribution in [0.4, 0.5) is 10.5 Å². The Hall–Kier alpha value is -2.31. The average Bonchev–Trinajstić information content (AvgIpc) is 2.91. The van der Waals surface area contributed by atoms with Gasteiger partial charge in [-0.05, 0) is 24.3 Å². The summed E-state index contributed by atoms with van der Waals surface area (Å²) in [4.78, 5) is 17.8. The number of rotatable bonds is 2. The fraction of sp³-hybridized carbons (Fsp3) is 0.133. The second-order valence-corrected chi connectivity index (χ2v) is 5.71. The van der Waals surface area contributed by atoms with E-state index in [0.717, 1.165) is 0 Å². The van der Waals surface area contributed by atoms with Gasteiger partial charge in [-0.1, -0.05) is 23.2 Å². The van der Waals surface area contributed by atoms with Crippen LogP contribution in [0.5, 0.6) is 0 Å². The minimum atomic E-state index is -0.300. The van der Waals surface area contributed by atoms with Crippen molar-refractivity contribution in [3.8, 4) is 11.3 Å². The molecular formula is C15H13Cl2N5O. The third kappa shape index (κ3) is 3.23. The van der Waals surface area contributed by atoms with Gasteiger partial charge < -0.3 is 5.32 Å². The summed E-state index contributed by atoms with van der Waals surface area (Å²) in [6.07, 6.45) is 6.57. The van der Waals surface area contributed by atoms with Gasteiger partial charge in [-0.15, -0.1) is 0 Å². The summed E-state index contributed by atoms with van der Waals surface area (Å²) in [6, 6.07) is 4.85. The van der Waals surface area contributed by atoms with Gasteiger partial charge >= 0.3 is 6.03 Å². The first-order chi connectivity index (χ1) is 11.1. The number of allylic oxidation sites excluding steroid dienone is 1. The molecule has 6 nitrogen and oxygen atoms in total. The number of halogens is 2. The fourth-order valence-electron chi connectivity index (χ4n) is 2.23. The van der Waals surface area contributed by atoms with Gasteiger partial charge in [-0.3, -0.25) is 14.6 Å². The predicted octanol–water partition coefficient (Wildman–Crippen LogP) is 3.78. The highest BCUT2D eigenvalue weighted by atomic mass is 35.5. The lowest BCUT2D eigenvalue weighted by Crippen LogP contribution is -2.31. The minimum absolute atomic E-state index is 0.274. The number of amides is 2. The standard InChI is InChI=1S/C15H13Cl2N5O/c1-21-14(11-7-10(16)3-4-12(11)17)13(8-19-21)20-15(23)22-6-2-5-18-9-22/h2-8H,9H2,1H3,(H,20,23). The van der Waals surface area contributed by atoms with Crippen LogP contribution in [0.1, 0.15) is 0 Å². The van der Waals surface area contributed by atoms with Crippen molar-refractivity contribution in [2.45, 2.75) is 0 Å². The monoisotopic (exact) mass is 349 g/mol. The smallest absolute Gasteiger partial charge is 0.304 e. The third-order valence-corrected chi connectivity index (χ3v) is 3.88. The number of aryl methyl sites for hydroxylation is 1. The lowest BCUT2D eigenvalue weighted by atomic mass is 10.1. The maximum Gasteiger partial charge on any atom is 0.327 e. The lowest BCUT2D eigenvalue weighted by molar-refractivity contribution is 0.229. The van der Waals surface area contributed by atoms with Crippen molar-refractivity contribution in [3.05, 3.63) is 46.7 Å². The molecule has 1 N–H and O–H groups in total. The van der Waals surface area contributed by atoms with Gasteiger partial charge in [0.05, 0.1) is 22.6 Å². The number of benzene rings is 1. The van der Waals surface area contributed by atoms with E-state index in [1.165, 1.54) is 4.90 Å². The Kier molecular flexibility index (Phi) is 4.36. The highest BCUT2D eigenvalue weighted by Crippen LogP contribution is 2.35. The predicted molar refractivity (Wildman–Crippen MR) is 92.0 cm³/mol. The van der Waals surface area contributed by atoms with E-state index in [2.05, 4.69) is 15.4 Å². The number of urea groups is 1. The first-order valence-corrected chi connectivity index (χ1v) is 7.53. The molecule has 2 amide bonds. The molecule has 1 aromatic heterocycles. The summed E-state index contributed by atoms with van der Waals surface area (Å²) in [5, 5.41) is 8.10. The molecule has 0 spiro atoms. The Morgan fingerprint density at radius 3 is 2.91 bits per heavy atom. The molecule has 0 bridgehead atoms. The first-order valence-electron chi connectivity index (χ1n) is 6.78. The molecule has 1 aliphatic rings. The molecule has 2 aromatic rings. The number of anilines is 1. The van der Waals surface area contributed by atoms with E-state index in [4.69, 9.17) is 23.2 Å². The number of aliphatic imine (C=N–C) groups is 1. The normalized spacial score (nSPS) is 13.4. The van der Waals surface area contributed by atoms with Crippen LogP contribution in [-0.4, -0.2) is 33.6 Å². The van der Waals surface area contributed by atoms with Crippen molar-refractivity contribution in [1.82, 2.24) is 14.7 Å². The number of hydrogen-bond acceptors (Lipinski definition) is 3. The summed E-state index contributed by atoms with van der Waals surface area (Å²) >= 11 is 12.3. The zero-order valence-electron chi connectivity index (χ0n) is 12.2. The molecule has 0 radical (unpaired) electrons. The number of carbonyl (C=O) groups excluding carboxylic acids is 1. The number of nitrogens with zero attached hydrogens (tertiary/aromatic N) is 4. The molecule has 0 saturated carbocycles. The molecule has 118 valence electrons. The minimum Gasteiger partial charge on any atom is -0.304 e. The van der Waals surface area contributed by atoms with Gasteiger partial charge in [0.15, 0.2) is 0 Å². The molecule has 0 aliphatic carbocycles. The summed E-state index contributed by atoms with van der Waals surface area (Å²) in [5.41, 5.74) is 1.92. The van der Waals surface area contributed by atoms with Gasteiger partial charge in [0.2, 0.25) is 0 Å². The topological polar surface area (TPSA) is 62.5 Å². The van der Waals surface area contributed by atoms with E-state index in [0.29, 0.717) is 27.0 Å². The molecule has 2 heterocycles. The van der Waals surface area contributed by atoms with Crippen molar-refractivity contribution in [3.63, 3.8) is 0 Å². The SMILES string of the molecule is Cn1ncc(NC(=O)N2C=CC=NC2)c1-c1cc(Cl)ccc1Cl. The molecule has 8 heteroatoms. The van der Waals surface area contributed by atoms with E-state index in [9.17, 15) is 4.79 Å². The second kappa shape index (κ2) is 6.44. The van der Waals surface area contributed by atoms with Crippen LogP contribution in [0, 0.1) is 0 Å². The molecule has 23 heavy (non-hydrogen) atoms. The molecule has 0 atom stereocenters. The Morgan fingerprint density at radius 1 is 1.35 bits per heavy atom. The van der Waals surface area contributed by atoms with Crippen molar-refractivity contribution < 1.29 is 4.79 Å². The van der Waals surface area contributed by atoms with Crippen LogP contribution in [0.25, 0.3) is 11.3 Å². The summed E-state index contributed by atoms with van der Waals surface area (Å²) in [5.74, 6) is 0. The van der Waals surface area contributed by atoms with E-state index >= 15 is 0 Å². The van der Waals surface area contributed by atoms with Crippen LogP contribution in [0.15, 0.2) is 41.7 Å². The van der Waals surface area contributed by atoms with Crippen LogP contribution < -0.4 is 5.32 Å². The van der Waals surface area contributed by atoms with E-state index in [1.54, 1.807) is 54.6 Å². The Labute approximate surface area is 143 Å². The molecule has 1 aromatic carbocycles. The van der Waals surface area contributed by atoms with Crippen molar-refractivity contribution >= 4 is 41.1 Å². The van der Waals surface area contributed by atoms with Crippen LogP contribution >= 0.6 is 23.2 Å². The summed E-state index contributed by atoms with van der Waals surface area (Å²) in [7, 11) is 1.77. The van der Waals surface area contributed by atoms with Crippen molar-refractivity contribution in [1.29, 1.82) is 0 Å². The summed E-state index contributed by atoms with van der Waals surface area (Å²) in [6.45, 7) is 0.274. The molecular weight excluding hydrogens is 337 g/mol. The van der Waals surface area contributed by atoms with Crippen molar-refractivity contribution in [2.24, 2.45) is 12.0 Å². The van der Waals surface area contributed by atoms with E-state index in [1.807, 2.05) is 0 Å². The summed E-state index contributed by atoms with van der Waals surface area (Å²) < 4.78 is 1.64. The van der Waals surface area contributed by atoms with E-state index in [-0.39, 0.29) is 12.7 Å². The number of nitrogens with one attached hydrogen (secondary N) is 1. The maximum absolute atomic E-state index is 12.3. The van der Waals surface area contributed by atoms with Gasteiger partial charge in [0, 0.05) is 30.0 Å². The highest BCUT2D eigenvalue weighted by Gasteiger charge is 2.19. The third-order valence-electron chi connectivity index (χ3n) is 3.32. The average molecular weight is 350 g/mol. The van der Waals surface area contributed by atoms with Crippen LogP contribution in [-0.2, 0) is 7.05 Å². The van der Waals surface area contributed by atoms with Gasteiger partial charge in [-0.2, -0.15) is 5.10 Å². The zero-order chi connectivity index (χ0) is 16.4. The molecule has 0 saturated heterocycles. The fourth-order valence-corrected chi connectivity index (χ4v) is 2.61. The lowest BCUT2D eigenvalue weighted by Gasteiger charge is -2.18. The molecule has 0 fully saturated rings. The number of hydrogen-bond donors (Lipinski definition) is 1. The number of aromatic nitrogens is 2.